The van der Waals surface area contributed by atoms with Gasteiger partial charge in [0, 0.05) is 19.3 Å². The Hall–Kier alpha value is -2.46. The highest BCUT2D eigenvalue weighted by atomic mass is 35.5. The maximum absolute atomic E-state index is 12.9. The third kappa shape index (κ3) is 4.31. The average molecular weight is 463 g/mol. The van der Waals surface area contributed by atoms with E-state index in [1.807, 2.05) is 36.6 Å². The van der Waals surface area contributed by atoms with Crippen molar-refractivity contribution in [1.82, 2.24) is 13.7 Å². The first-order valence-corrected chi connectivity index (χ1v) is 11.7. The topological polar surface area (TPSA) is 93.0 Å². The van der Waals surface area contributed by atoms with Crippen LogP contribution in [0.4, 0.5) is 5.69 Å². The van der Waals surface area contributed by atoms with Crippen molar-refractivity contribution in [3.8, 4) is 0 Å². The molecule has 4 rings (SSSR count). The predicted octanol–water partition coefficient (Wildman–Crippen LogP) is 2.81. The van der Waals surface area contributed by atoms with Gasteiger partial charge in [0.25, 0.3) is 0 Å². The molecule has 2 aromatic heterocycles. The number of pyridine rings is 1. The van der Waals surface area contributed by atoms with Crippen LogP contribution in [0.25, 0.3) is 5.65 Å². The number of aromatic nitrogens is 2. The van der Waals surface area contributed by atoms with Crippen molar-refractivity contribution in [2.75, 3.05) is 31.6 Å². The molecule has 8 nitrogen and oxygen atoms in total. The standard InChI is InChI=1S/C21H23ClN4O4S/c1-14-4-3-7-26-19(15(2)23-21(14)26)13-20(27)24-18-12-16(5-6-17(18)22)31(28,29)25-8-10-30-11-9-25/h3-7,12H,8-11,13H2,1-2H3,(H,24,27). The van der Waals surface area contributed by atoms with Gasteiger partial charge in [-0.25, -0.2) is 13.4 Å². The van der Waals surface area contributed by atoms with Gasteiger partial charge in [-0.05, 0) is 43.7 Å². The van der Waals surface area contributed by atoms with Gasteiger partial charge in [0.05, 0.1) is 46.6 Å². The lowest BCUT2D eigenvalue weighted by Crippen LogP contribution is -2.40. The van der Waals surface area contributed by atoms with Crippen LogP contribution < -0.4 is 5.32 Å². The van der Waals surface area contributed by atoms with Crippen LogP contribution in [0.2, 0.25) is 5.02 Å². The minimum atomic E-state index is -3.70. The summed E-state index contributed by atoms with van der Waals surface area (Å²) in [5.41, 5.74) is 3.60. The number of nitrogens with one attached hydrogen (secondary N) is 1. The molecule has 1 fully saturated rings. The van der Waals surface area contributed by atoms with E-state index in [-0.39, 0.29) is 27.9 Å². The number of imidazole rings is 1. The molecule has 1 aliphatic heterocycles. The van der Waals surface area contributed by atoms with E-state index in [1.165, 1.54) is 22.5 Å². The van der Waals surface area contributed by atoms with Gasteiger partial charge in [0.1, 0.15) is 5.65 Å². The van der Waals surface area contributed by atoms with Crippen molar-refractivity contribution < 1.29 is 17.9 Å². The number of morpholine rings is 1. The van der Waals surface area contributed by atoms with Crippen LogP contribution in [0.5, 0.6) is 0 Å². The lowest BCUT2D eigenvalue weighted by Gasteiger charge is -2.26. The van der Waals surface area contributed by atoms with Gasteiger partial charge >= 0.3 is 0 Å². The number of hydrogen-bond donors (Lipinski definition) is 1. The third-order valence-corrected chi connectivity index (χ3v) is 7.52. The van der Waals surface area contributed by atoms with E-state index in [2.05, 4.69) is 10.3 Å². The van der Waals surface area contributed by atoms with Gasteiger partial charge in [-0.2, -0.15) is 4.31 Å². The van der Waals surface area contributed by atoms with Crippen molar-refractivity contribution in [2.45, 2.75) is 25.2 Å². The Morgan fingerprint density at radius 2 is 1.97 bits per heavy atom. The summed E-state index contributed by atoms with van der Waals surface area (Å²) < 4.78 is 34.3. The average Bonchev–Trinajstić information content (AvgIpc) is 3.07. The van der Waals surface area contributed by atoms with Crippen molar-refractivity contribution in [1.29, 1.82) is 0 Å². The monoisotopic (exact) mass is 462 g/mol. The van der Waals surface area contributed by atoms with Gasteiger partial charge < -0.3 is 14.5 Å². The van der Waals surface area contributed by atoms with Crippen LogP contribution in [0.15, 0.2) is 41.4 Å². The number of fused-ring (bicyclic) bond motifs is 1. The molecule has 0 saturated carbocycles. The Labute approximate surface area is 185 Å². The number of anilines is 1. The smallest absolute Gasteiger partial charge is 0.243 e. The van der Waals surface area contributed by atoms with Crippen LogP contribution in [-0.4, -0.2) is 54.3 Å². The molecule has 0 spiro atoms. The van der Waals surface area contributed by atoms with E-state index < -0.39 is 10.0 Å². The molecule has 0 aliphatic carbocycles. The van der Waals surface area contributed by atoms with E-state index in [0.717, 1.165) is 22.6 Å². The second-order valence-corrected chi connectivity index (χ2v) is 9.76. The Balaban J connectivity index is 1.57. The molecule has 164 valence electrons. The van der Waals surface area contributed by atoms with Crippen LogP contribution in [0.3, 0.4) is 0 Å². The van der Waals surface area contributed by atoms with Crippen molar-refractivity contribution >= 4 is 38.9 Å². The normalized spacial score (nSPS) is 15.3. The first-order chi connectivity index (χ1) is 14.8. The van der Waals surface area contributed by atoms with Gasteiger partial charge in [0.2, 0.25) is 15.9 Å². The maximum Gasteiger partial charge on any atom is 0.243 e. The third-order valence-electron chi connectivity index (χ3n) is 5.29. The number of hydrogen-bond acceptors (Lipinski definition) is 5. The maximum atomic E-state index is 12.9. The molecule has 0 radical (unpaired) electrons. The SMILES string of the molecule is Cc1nc2c(C)cccn2c1CC(=O)Nc1cc(S(=O)(=O)N2CCOCC2)ccc1Cl. The lowest BCUT2D eigenvalue weighted by atomic mass is 10.2. The number of ether oxygens (including phenoxy) is 1. The molecule has 0 unspecified atom stereocenters. The summed E-state index contributed by atoms with van der Waals surface area (Å²) in [6, 6.07) is 8.19. The van der Waals surface area contributed by atoms with Crippen molar-refractivity contribution in [2.24, 2.45) is 0 Å². The van der Waals surface area contributed by atoms with E-state index in [9.17, 15) is 13.2 Å². The number of halogens is 1. The molecular weight excluding hydrogens is 440 g/mol. The van der Waals surface area contributed by atoms with Crippen LogP contribution in [0, 0.1) is 13.8 Å². The Bertz CT molecular complexity index is 1250. The predicted molar refractivity (Wildman–Crippen MR) is 118 cm³/mol. The largest absolute Gasteiger partial charge is 0.379 e. The molecule has 3 heterocycles. The van der Waals surface area contributed by atoms with Gasteiger partial charge in [-0.1, -0.05) is 17.7 Å². The molecule has 3 aromatic rings. The molecule has 1 amide bonds. The number of benzene rings is 1. The summed E-state index contributed by atoms with van der Waals surface area (Å²) in [7, 11) is -3.70. The fraction of sp³-hybridized carbons (Fsp3) is 0.333. The molecule has 1 saturated heterocycles. The van der Waals surface area contributed by atoms with Crippen molar-refractivity contribution in [3.63, 3.8) is 0 Å². The summed E-state index contributed by atoms with van der Waals surface area (Å²) in [4.78, 5) is 17.4. The first kappa shape index (κ1) is 21.8. The summed E-state index contributed by atoms with van der Waals surface area (Å²) in [5, 5.41) is 3.01. The van der Waals surface area contributed by atoms with E-state index in [0.29, 0.717) is 26.3 Å². The Kier molecular flexibility index (Phi) is 6.02. The number of aryl methyl sites for hydroxylation is 2. The second kappa shape index (κ2) is 8.58. The molecule has 1 N–H and O–H groups in total. The fourth-order valence-corrected chi connectivity index (χ4v) is 5.22. The van der Waals surface area contributed by atoms with Crippen LogP contribution >= 0.6 is 11.6 Å². The van der Waals surface area contributed by atoms with Gasteiger partial charge in [-0.3, -0.25) is 4.79 Å². The summed E-state index contributed by atoms with van der Waals surface area (Å²) >= 11 is 6.24. The number of nitrogens with zero attached hydrogens (tertiary/aromatic N) is 3. The number of carbonyl (C=O) groups is 1. The van der Waals surface area contributed by atoms with Crippen molar-refractivity contribution in [3.05, 3.63) is 58.5 Å². The Morgan fingerprint density at radius 3 is 2.71 bits per heavy atom. The zero-order valence-corrected chi connectivity index (χ0v) is 18.8. The summed E-state index contributed by atoms with van der Waals surface area (Å²) in [6.07, 6.45) is 1.95. The zero-order valence-electron chi connectivity index (χ0n) is 17.3. The summed E-state index contributed by atoms with van der Waals surface area (Å²) in [6.45, 7) is 5.12. The number of carbonyl (C=O) groups excluding carboxylic acids is 1. The van der Waals surface area contributed by atoms with Gasteiger partial charge in [0.15, 0.2) is 0 Å². The minimum Gasteiger partial charge on any atom is -0.379 e. The summed E-state index contributed by atoms with van der Waals surface area (Å²) in [5.74, 6) is -0.311. The molecule has 10 heteroatoms. The zero-order chi connectivity index (χ0) is 22.2. The Morgan fingerprint density at radius 1 is 1.23 bits per heavy atom. The fourth-order valence-electron chi connectivity index (χ4n) is 3.62. The lowest BCUT2D eigenvalue weighted by molar-refractivity contribution is -0.115. The van der Waals surface area contributed by atoms with E-state index >= 15 is 0 Å². The van der Waals surface area contributed by atoms with E-state index in [1.54, 1.807) is 0 Å². The molecule has 0 bridgehead atoms. The van der Waals surface area contributed by atoms with Crippen LogP contribution in [-0.2, 0) is 26.0 Å². The van der Waals surface area contributed by atoms with E-state index in [4.69, 9.17) is 16.3 Å². The minimum absolute atomic E-state index is 0.0766. The molecule has 31 heavy (non-hydrogen) atoms. The first-order valence-electron chi connectivity index (χ1n) is 9.88. The molecule has 1 aromatic carbocycles. The highest BCUT2D eigenvalue weighted by molar-refractivity contribution is 7.89. The molecular formula is C21H23ClN4O4S. The highest BCUT2D eigenvalue weighted by Gasteiger charge is 2.27. The number of rotatable bonds is 5. The van der Waals surface area contributed by atoms with Gasteiger partial charge in [-0.15, -0.1) is 0 Å². The van der Waals surface area contributed by atoms with Crippen LogP contribution in [0.1, 0.15) is 17.0 Å². The molecule has 0 atom stereocenters. The second-order valence-electron chi connectivity index (χ2n) is 7.41. The number of amides is 1. The molecule has 1 aliphatic rings. The quantitative estimate of drug-likeness (QED) is 0.629. The highest BCUT2D eigenvalue weighted by Crippen LogP contribution is 2.28. The number of sulfonamides is 1.